The molecule has 1 amide bonds. The van der Waals surface area contributed by atoms with E-state index in [2.05, 4.69) is 10.2 Å². The highest BCUT2D eigenvalue weighted by Crippen LogP contribution is 2.32. The zero-order valence-corrected chi connectivity index (χ0v) is 11.5. The molecule has 1 aromatic carbocycles. The third-order valence-electron chi connectivity index (χ3n) is 4.20. The van der Waals surface area contributed by atoms with Gasteiger partial charge in [-0.05, 0) is 44.0 Å². The number of rotatable bonds is 3. The molecule has 2 saturated heterocycles. The summed E-state index contributed by atoms with van der Waals surface area (Å²) < 4.78 is 0. The number of anilines is 1. The zero-order chi connectivity index (χ0) is 13.4. The van der Waals surface area contributed by atoms with Crippen molar-refractivity contribution in [2.45, 2.75) is 31.3 Å². The zero-order valence-electron chi connectivity index (χ0n) is 10.7. The molecule has 3 N–H and O–H groups in total. The molecule has 2 atom stereocenters. The van der Waals surface area contributed by atoms with Gasteiger partial charge in [-0.3, -0.25) is 9.69 Å². The average Bonchev–Trinajstić information content (AvgIpc) is 2.96. The van der Waals surface area contributed by atoms with Crippen molar-refractivity contribution < 1.29 is 4.79 Å². The Morgan fingerprint density at radius 1 is 1.37 bits per heavy atom. The van der Waals surface area contributed by atoms with Crippen molar-refractivity contribution in [1.29, 1.82) is 0 Å². The Morgan fingerprint density at radius 2 is 2.21 bits per heavy atom. The van der Waals surface area contributed by atoms with E-state index in [1.165, 1.54) is 19.4 Å². The molecule has 0 radical (unpaired) electrons. The first-order valence-electron chi connectivity index (χ1n) is 6.75. The lowest BCUT2D eigenvalue weighted by molar-refractivity contribution is 0.100. The number of primary amides is 1. The third kappa shape index (κ3) is 2.42. The number of fused-ring (bicyclic) bond motifs is 1. The predicted molar refractivity (Wildman–Crippen MR) is 76.6 cm³/mol. The highest BCUT2D eigenvalue weighted by molar-refractivity contribution is 6.33. The molecule has 0 aliphatic carbocycles. The van der Waals surface area contributed by atoms with Crippen LogP contribution in [0.2, 0.25) is 5.02 Å². The molecule has 19 heavy (non-hydrogen) atoms. The normalized spacial score (nSPS) is 26.4. The van der Waals surface area contributed by atoms with Gasteiger partial charge in [-0.15, -0.1) is 0 Å². The molecule has 102 valence electrons. The Hall–Kier alpha value is -1.26. The Balaban J connectivity index is 1.79. The van der Waals surface area contributed by atoms with Crippen LogP contribution in [0.15, 0.2) is 18.2 Å². The van der Waals surface area contributed by atoms with E-state index in [9.17, 15) is 4.79 Å². The fourth-order valence-corrected chi connectivity index (χ4v) is 3.41. The monoisotopic (exact) mass is 279 g/mol. The number of nitrogens with zero attached hydrogens (tertiary/aromatic N) is 1. The molecule has 0 spiro atoms. The van der Waals surface area contributed by atoms with Crippen LogP contribution in [0.5, 0.6) is 0 Å². The minimum absolute atomic E-state index is 0.420. The summed E-state index contributed by atoms with van der Waals surface area (Å²) in [6.45, 7) is 2.35. The van der Waals surface area contributed by atoms with Gasteiger partial charge in [-0.2, -0.15) is 0 Å². The standard InChI is InChI=1S/C14H18ClN3O/c15-10-4-3-9(14(16)19)8-12(10)17-11-5-7-18-6-1-2-13(11)18/h3-4,8,11,13,17H,1-2,5-7H2,(H2,16,19). The number of nitrogens with two attached hydrogens (primary N) is 1. The Bertz CT molecular complexity index is 505. The number of nitrogens with one attached hydrogen (secondary N) is 1. The fourth-order valence-electron chi connectivity index (χ4n) is 3.24. The Morgan fingerprint density at radius 3 is 3.00 bits per heavy atom. The van der Waals surface area contributed by atoms with Crippen molar-refractivity contribution in [3.63, 3.8) is 0 Å². The highest BCUT2D eigenvalue weighted by atomic mass is 35.5. The molecule has 3 rings (SSSR count). The largest absolute Gasteiger partial charge is 0.379 e. The number of benzene rings is 1. The average molecular weight is 280 g/mol. The molecule has 1 aromatic rings. The minimum atomic E-state index is -0.423. The first kappa shape index (κ1) is 12.8. The summed E-state index contributed by atoms with van der Waals surface area (Å²) in [6, 6.07) is 6.16. The van der Waals surface area contributed by atoms with E-state index >= 15 is 0 Å². The number of halogens is 1. The molecule has 0 saturated carbocycles. The van der Waals surface area contributed by atoms with Gasteiger partial charge in [0.05, 0.1) is 10.7 Å². The van der Waals surface area contributed by atoms with Crippen molar-refractivity contribution in [3.05, 3.63) is 28.8 Å². The number of amides is 1. The van der Waals surface area contributed by atoms with Crippen LogP contribution in [0.1, 0.15) is 29.6 Å². The molecule has 4 nitrogen and oxygen atoms in total. The third-order valence-corrected chi connectivity index (χ3v) is 4.53. The van der Waals surface area contributed by atoms with Crippen molar-refractivity contribution in [2.24, 2.45) is 5.73 Å². The van der Waals surface area contributed by atoms with Gasteiger partial charge in [0.25, 0.3) is 0 Å². The van der Waals surface area contributed by atoms with Crippen LogP contribution in [0.25, 0.3) is 0 Å². The molecular formula is C14H18ClN3O. The van der Waals surface area contributed by atoms with Crippen LogP contribution in [0.4, 0.5) is 5.69 Å². The lowest BCUT2D eigenvalue weighted by Crippen LogP contribution is -2.33. The second-order valence-electron chi connectivity index (χ2n) is 5.34. The topological polar surface area (TPSA) is 58.4 Å². The van der Waals surface area contributed by atoms with Gasteiger partial charge >= 0.3 is 0 Å². The van der Waals surface area contributed by atoms with Crippen molar-refractivity contribution >= 4 is 23.2 Å². The summed E-state index contributed by atoms with van der Waals surface area (Å²) in [6.07, 6.45) is 3.64. The minimum Gasteiger partial charge on any atom is -0.379 e. The molecule has 2 aliphatic heterocycles. The quantitative estimate of drug-likeness (QED) is 0.891. The summed E-state index contributed by atoms with van der Waals surface area (Å²) in [7, 11) is 0. The maximum atomic E-state index is 11.2. The smallest absolute Gasteiger partial charge is 0.248 e. The molecule has 2 unspecified atom stereocenters. The number of carbonyl (C=O) groups excluding carboxylic acids is 1. The van der Waals surface area contributed by atoms with E-state index < -0.39 is 5.91 Å². The number of carbonyl (C=O) groups is 1. The van der Waals surface area contributed by atoms with E-state index in [1.807, 2.05) is 0 Å². The Kier molecular flexibility index (Phi) is 3.37. The molecular weight excluding hydrogens is 262 g/mol. The summed E-state index contributed by atoms with van der Waals surface area (Å²) in [4.78, 5) is 13.8. The molecule has 2 fully saturated rings. The molecule has 5 heteroatoms. The van der Waals surface area contributed by atoms with Crippen molar-refractivity contribution in [1.82, 2.24) is 4.90 Å². The molecule has 2 heterocycles. The van der Waals surface area contributed by atoms with Gasteiger partial charge < -0.3 is 11.1 Å². The van der Waals surface area contributed by atoms with Crippen LogP contribution >= 0.6 is 11.6 Å². The summed E-state index contributed by atoms with van der Waals surface area (Å²) in [5.41, 5.74) is 6.62. The Labute approximate surface area is 117 Å². The second-order valence-corrected chi connectivity index (χ2v) is 5.75. The maximum absolute atomic E-state index is 11.2. The van der Waals surface area contributed by atoms with E-state index in [1.54, 1.807) is 18.2 Å². The van der Waals surface area contributed by atoms with E-state index in [0.29, 0.717) is 22.7 Å². The lowest BCUT2D eigenvalue weighted by atomic mass is 10.1. The van der Waals surface area contributed by atoms with Gasteiger partial charge in [-0.1, -0.05) is 11.6 Å². The van der Waals surface area contributed by atoms with Gasteiger partial charge in [0.2, 0.25) is 5.91 Å². The van der Waals surface area contributed by atoms with Gasteiger partial charge in [0, 0.05) is 24.2 Å². The number of hydrogen-bond acceptors (Lipinski definition) is 3. The first-order chi connectivity index (χ1) is 9.15. The first-order valence-corrected chi connectivity index (χ1v) is 7.13. The molecule has 0 aromatic heterocycles. The SMILES string of the molecule is NC(=O)c1ccc(Cl)c(NC2CCN3CCCC23)c1. The van der Waals surface area contributed by atoms with Crippen LogP contribution in [0, 0.1) is 0 Å². The van der Waals surface area contributed by atoms with E-state index in [-0.39, 0.29) is 0 Å². The van der Waals surface area contributed by atoms with Crippen molar-refractivity contribution in [3.8, 4) is 0 Å². The van der Waals surface area contributed by atoms with Crippen LogP contribution in [-0.4, -0.2) is 36.0 Å². The van der Waals surface area contributed by atoms with Crippen molar-refractivity contribution in [2.75, 3.05) is 18.4 Å². The van der Waals surface area contributed by atoms with E-state index in [0.717, 1.165) is 18.7 Å². The number of hydrogen-bond donors (Lipinski definition) is 2. The molecule has 0 bridgehead atoms. The molecule has 2 aliphatic rings. The predicted octanol–water partition coefficient (Wildman–Crippen LogP) is 2.09. The highest BCUT2D eigenvalue weighted by Gasteiger charge is 2.37. The van der Waals surface area contributed by atoms with Gasteiger partial charge in [-0.25, -0.2) is 0 Å². The van der Waals surface area contributed by atoms with Gasteiger partial charge in [0.15, 0.2) is 0 Å². The maximum Gasteiger partial charge on any atom is 0.248 e. The van der Waals surface area contributed by atoms with Crippen LogP contribution < -0.4 is 11.1 Å². The van der Waals surface area contributed by atoms with Crippen LogP contribution in [0.3, 0.4) is 0 Å². The summed E-state index contributed by atoms with van der Waals surface area (Å²) in [5, 5.41) is 4.13. The fraction of sp³-hybridized carbons (Fsp3) is 0.500. The summed E-state index contributed by atoms with van der Waals surface area (Å²) >= 11 is 6.19. The van der Waals surface area contributed by atoms with E-state index in [4.69, 9.17) is 17.3 Å². The van der Waals surface area contributed by atoms with Gasteiger partial charge in [0.1, 0.15) is 0 Å². The second kappa shape index (κ2) is 5.02. The summed E-state index contributed by atoms with van der Waals surface area (Å²) in [5.74, 6) is -0.423. The van der Waals surface area contributed by atoms with Crippen LogP contribution in [-0.2, 0) is 0 Å². The lowest BCUT2D eigenvalue weighted by Gasteiger charge is -2.23.